The van der Waals surface area contributed by atoms with Crippen molar-refractivity contribution in [1.29, 1.82) is 0 Å². The Hall–Kier alpha value is -1.84. The van der Waals surface area contributed by atoms with Crippen LogP contribution in [0.25, 0.3) is 0 Å². The fraction of sp³-hybridized carbons (Fsp3) is 0.800. The highest BCUT2D eigenvalue weighted by Gasteiger charge is 2.15. The summed E-state index contributed by atoms with van der Waals surface area (Å²) in [4.78, 5) is 23.5. The van der Waals surface area contributed by atoms with Crippen LogP contribution in [-0.2, 0) is 14.3 Å². The van der Waals surface area contributed by atoms with Gasteiger partial charge in [0, 0.05) is 12.8 Å². The minimum atomic E-state index is -0.816. The number of hydrogen-bond donors (Lipinski definition) is 1. The van der Waals surface area contributed by atoms with Gasteiger partial charge in [0.05, 0.1) is 0 Å². The zero-order valence-corrected chi connectivity index (χ0v) is 29.2. The number of allylic oxidation sites excluding steroid dienone is 6. The average Bonchev–Trinajstić information content (AvgIpc) is 3.01. The van der Waals surface area contributed by atoms with Gasteiger partial charge < -0.3 is 9.84 Å². The van der Waals surface area contributed by atoms with Gasteiger partial charge in [-0.25, -0.2) is 0 Å². The number of ether oxygens (including phenoxy) is 1. The molecule has 0 aromatic heterocycles. The molecule has 4 nitrogen and oxygen atoms in total. The van der Waals surface area contributed by atoms with Crippen molar-refractivity contribution in [3.63, 3.8) is 0 Å². The predicted octanol–water partition coefficient (Wildman–Crippen LogP) is 13.0. The van der Waals surface area contributed by atoms with Gasteiger partial charge in [0.2, 0.25) is 0 Å². The van der Waals surface area contributed by atoms with Crippen molar-refractivity contribution < 1.29 is 19.4 Å². The molecule has 0 saturated carbocycles. The number of carboxylic acids is 1. The number of carbonyl (C=O) groups excluding carboxylic acids is 1. The molecule has 0 rings (SSSR count). The van der Waals surface area contributed by atoms with E-state index >= 15 is 0 Å². The van der Waals surface area contributed by atoms with E-state index in [0.717, 1.165) is 51.4 Å². The normalized spacial score (nSPS) is 12.6. The molecule has 0 aromatic rings. The van der Waals surface area contributed by atoms with Crippen molar-refractivity contribution in [1.82, 2.24) is 0 Å². The third-order valence-corrected chi connectivity index (χ3v) is 8.35. The maximum Gasteiger partial charge on any atom is 0.306 e. The predicted molar refractivity (Wildman–Crippen MR) is 190 cm³/mol. The highest BCUT2D eigenvalue weighted by atomic mass is 16.5. The summed E-state index contributed by atoms with van der Waals surface area (Å²) in [6.07, 6.45) is 45.9. The standard InChI is InChI=1S/C40H72O4/c1-3-5-7-9-11-13-15-16-17-18-19-20-21-22-23-24-25-27-29-31-33-35-40(43)44-38(36-37-39(41)42)34-32-30-28-26-14-12-10-8-6-4-2/h11,13,16-17,22-23,38H,3-10,12,14-15,18-21,24-37H2,1-2H3,(H,41,42)/b13-11-,17-16-,23-22-. The lowest BCUT2D eigenvalue weighted by Gasteiger charge is -2.17. The second-order valence-corrected chi connectivity index (χ2v) is 12.8. The van der Waals surface area contributed by atoms with Crippen molar-refractivity contribution in [2.24, 2.45) is 0 Å². The summed E-state index contributed by atoms with van der Waals surface area (Å²) in [5.74, 6) is -0.968. The Kier molecular flexibility index (Phi) is 34.1. The first-order chi connectivity index (χ1) is 21.6. The number of aliphatic carboxylic acids is 1. The van der Waals surface area contributed by atoms with Gasteiger partial charge >= 0.3 is 11.9 Å². The monoisotopic (exact) mass is 617 g/mol. The smallest absolute Gasteiger partial charge is 0.306 e. The minimum absolute atomic E-state index is 0.0683. The molecular weight excluding hydrogens is 544 g/mol. The van der Waals surface area contributed by atoms with Crippen molar-refractivity contribution in [3.05, 3.63) is 36.5 Å². The van der Waals surface area contributed by atoms with Crippen molar-refractivity contribution in [2.75, 3.05) is 0 Å². The fourth-order valence-electron chi connectivity index (χ4n) is 5.49. The molecule has 1 unspecified atom stereocenters. The Labute approximate surface area is 273 Å². The van der Waals surface area contributed by atoms with Crippen LogP contribution in [-0.4, -0.2) is 23.1 Å². The maximum absolute atomic E-state index is 12.4. The Morgan fingerprint density at radius 2 is 0.909 bits per heavy atom. The van der Waals surface area contributed by atoms with Crippen molar-refractivity contribution in [2.45, 2.75) is 206 Å². The third-order valence-electron chi connectivity index (χ3n) is 8.35. The van der Waals surface area contributed by atoms with E-state index in [1.54, 1.807) is 0 Å². The molecule has 0 aliphatic rings. The zero-order chi connectivity index (χ0) is 32.2. The van der Waals surface area contributed by atoms with E-state index in [4.69, 9.17) is 9.84 Å². The van der Waals surface area contributed by atoms with E-state index in [0.29, 0.717) is 12.8 Å². The molecule has 0 heterocycles. The molecule has 0 aliphatic carbocycles. The quantitative estimate of drug-likeness (QED) is 0.0444. The summed E-state index contributed by atoms with van der Waals surface area (Å²) >= 11 is 0. The van der Waals surface area contributed by atoms with E-state index in [1.807, 2.05) is 0 Å². The highest BCUT2D eigenvalue weighted by molar-refractivity contribution is 5.69. The van der Waals surface area contributed by atoms with Gasteiger partial charge in [-0.05, 0) is 83.5 Å². The van der Waals surface area contributed by atoms with Crippen LogP contribution >= 0.6 is 0 Å². The minimum Gasteiger partial charge on any atom is -0.481 e. The van der Waals surface area contributed by atoms with Gasteiger partial charge in [0.15, 0.2) is 0 Å². The summed E-state index contributed by atoms with van der Waals surface area (Å²) in [7, 11) is 0. The summed E-state index contributed by atoms with van der Waals surface area (Å²) in [6.45, 7) is 4.50. The van der Waals surface area contributed by atoms with E-state index in [9.17, 15) is 9.59 Å². The van der Waals surface area contributed by atoms with Gasteiger partial charge in [-0.15, -0.1) is 0 Å². The van der Waals surface area contributed by atoms with Gasteiger partial charge in [-0.2, -0.15) is 0 Å². The second-order valence-electron chi connectivity index (χ2n) is 12.8. The molecule has 0 aromatic carbocycles. The van der Waals surface area contributed by atoms with Crippen molar-refractivity contribution >= 4 is 11.9 Å². The zero-order valence-electron chi connectivity index (χ0n) is 29.2. The number of carboxylic acid groups (broad SMARTS) is 1. The molecule has 0 spiro atoms. The van der Waals surface area contributed by atoms with E-state index < -0.39 is 5.97 Å². The Bertz CT molecular complexity index is 708. The van der Waals surface area contributed by atoms with Crippen LogP contribution in [0.2, 0.25) is 0 Å². The summed E-state index contributed by atoms with van der Waals surface area (Å²) in [6, 6.07) is 0. The van der Waals surface area contributed by atoms with Crippen LogP contribution < -0.4 is 0 Å². The van der Waals surface area contributed by atoms with Crippen LogP contribution in [0, 0.1) is 0 Å². The molecule has 0 saturated heterocycles. The number of carbonyl (C=O) groups is 2. The van der Waals surface area contributed by atoms with Crippen LogP contribution in [0.4, 0.5) is 0 Å². The number of unbranched alkanes of at least 4 members (excludes halogenated alkanes) is 20. The van der Waals surface area contributed by atoms with Crippen LogP contribution in [0.1, 0.15) is 200 Å². The van der Waals surface area contributed by atoms with Crippen molar-refractivity contribution in [3.8, 4) is 0 Å². The molecule has 44 heavy (non-hydrogen) atoms. The first-order valence-electron chi connectivity index (χ1n) is 19.0. The summed E-state index contributed by atoms with van der Waals surface area (Å²) in [5.41, 5.74) is 0. The molecule has 0 radical (unpaired) electrons. The summed E-state index contributed by atoms with van der Waals surface area (Å²) in [5, 5.41) is 9.08. The fourth-order valence-corrected chi connectivity index (χ4v) is 5.49. The molecule has 0 amide bonds. The van der Waals surface area contributed by atoms with E-state index in [1.165, 1.54) is 116 Å². The molecule has 0 bridgehead atoms. The molecule has 0 fully saturated rings. The molecule has 0 aliphatic heterocycles. The molecular formula is C40H72O4. The lowest BCUT2D eigenvalue weighted by Crippen LogP contribution is -2.19. The first-order valence-corrected chi connectivity index (χ1v) is 19.0. The van der Waals surface area contributed by atoms with Gasteiger partial charge in [0.1, 0.15) is 6.10 Å². The average molecular weight is 617 g/mol. The number of rotatable bonds is 34. The molecule has 4 heteroatoms. The number of hydrogen-bond acceptors (Lipinski definition) is 3. The third kappa shape index (κ3) is 34.6. The van der Waals surface area contributed by atoms with Crippen LogP contribution in [0.5, 0.6) is 0 Å². The van der Waals surface area contributed by atoms with Crippen LogP contribution in [0.3, 0.4) is 0 Å². The second kappa shape index (κ2) is 35.6. The lowest BCUT2D eigenvalue weighted by atomic mass is 10.0. The molecule has 1 atom stereocenters. The Morgan fingerprint density at radius 1 is 0.500 bits per heavy atom. The van der Waals surface area contributed by atoms with Gasteiger partial charge in [-0.1, -0.05) is 140 Å². The van der Waals surface area contributed by atoms with E-state index in [2.05, 4.69) is 50.3 Å². The van der Waals surface area contributed by atoms with Gasteiger partial charge in [0.25, 0.3) is 0 Å². The Morgan fingerprint density at radius 3 is 1.45 bits per heavy atom. The molecule has 1 N–H and O–H groups in total. The topological polar surface area (TPSA) is 63.6 Å². The maximum atomic E-state index is 12.4. The molecule has 256 valence electrons. The summed E-state index contributed by atoms with van der Waals surface area (Å²) < 4.78 is 5.71. The first kappa shape index (κ1) is 42.2. The van der Waals surface area contributed by atoms with Gasteiger partial charge in [-0.3, -0.25) is 9.59 Å². The lowest BCUT2D eigenvalue weighted by molar-refractivity contribution is -0.151. The number of esters is 1. The highest BCUT2D eigenvalue weighted by Crippen LogP contribution is 2.17. The Balaban J connectivity index is 3.72. The van der Waals surface area contributed by atoms with Crippen LogP contribution in [0.15, 0.2) is 36.5 Å². The largest absolute Gasteiger partial charge is 0.481 e. The SMILES string of the molecule is CCCCC/C=C\C/C=C\CCCC/C=C\CCCCCCCC(=O)OC(CCCCCCCCCCCC)CCC(=O)O. The van der Waals surface area contributed by atoms with E-state index in [-0.39, 0.29) is 18.5 Å².